The van der Waals surface area contributed by atoms with Crippen LogP contribution in [0.25, 0.3) is 10.8 Å². The van der Waals surface area contributed by atoms with Crippen LogP contribution in [-0.4, -0.2) is 19.5 Å². The van der Waals surface area contributed by atoms with Gasteiger partial charge in [-0.3, -0.25) is 0 Å². The molecule has 0 heterocycles. The predicted molar refractivity (Wildman–Crippen MR) is 93.0 cm³/mol. The Morgan fingerprint density at radius 1 is 0.833 bits per heavy atom. The molecule has 0 aliphatic carbocycles. The topological polar surface area (TPSA) is 0 Å². The van der Waals surface area contributed by atoms with Gasteiger partial charge in [-0.15, -0.1) is 49.7 Å². The Balaban J connectivity index is -0.000000318. The van der Waals surface area contributed by atoms with Crippen LogP contribution in [0.5, 0.6) is 0 Å². The molecule has 0 unspecified atom stereocenters. The van der Waals surface area contributed by atoms with Gasteiger partial charge in [0.05, 0.1) is 0 Å². The van der Waals surface area contributed by atoms with Gasteiger partial charge in [-0.05, 0) is 13.3 Å². The van der Waals surface area contributed by atoms with Crippen molar-refractivity contribution in [3.63, 3.8) is 0 Å². The first-order valence-electron chi connectivity index (χ1n) is 6.89. The number of hydrogen-bond donors (Lipinski definition) is 0. The van der Waals surface area contributed by atoms with Crippen molar-refractivity contribution in [1.29, 1.82) is 0 Å². The van der Waals surface area contributed by atoms with Gasteiger partial charge in [0.2, 0.25) is 0 Å². The molecule has 3 aromatic rings. The molecule has 1 radical (unpaired) electrons. The molecule has 0 aliphatic heterocycles. The number of rotatable bonds is 3. The maximum atomic E-state index is 2.31. The third-order valence-electron chi connectivity index (χ3n) is 3.04. The molecule has 0 saturated heterocycles. The third kappa shape index (κ3) is 10.7. The van der Waals surface area contributed by atoms with Gasteiger partial charge in [-0.1, -0.05) is 18.3 Å². The van der Waals surface area contributed by atoms with E-state index in [9.17, 15) is 0 Å². The maximum absolute atomic E-state index is 2.31. The van der Waals surface area contributed by atoms with Crippen molar-refractivity contribution in [2.24, 2.45) is 0 Å². The average molecular weight is 435 g/mol. The van der Waals surface area contributed by atoms with Gasteiger partial charge in [0, 0.05) is 0 Å². The van der Waals surface area contributed by atoms with Crippen molar-refractivity contribution in [3.8, 4) is 0 Å². The third-order valence-corrected chi connectivity index (χ3v) is 3.95. The van der Waals surface area contributed by atoms with Crippen molar-refractivity contribution < 1.29 is 58.9 Å². The fourth-order valence-corrected chi connectivity index (χ4v) is 2.52. The molecule has 0 spiro atoms. The second kappa shape index (κ2) is 16.4. The van der Waals surface area contributed by atoms with Crippen LogP contribution in [-0.2, 0) is 21.7 Å². The zero-order valence-electron chi connectivity index (χ0n) is 13.8. The van der Waals surface area contributed by atoms with Crippen molar-refractivity contribution in [2.45, 2.75) is 0 Å². The second-order valence-corrected chi connectivity index (χ2v) is 7.56. The van der Waals surface area contributed by atoms with Crippen molar-refractivity contribution in [3.05, 3.63) is 84.8 Å². The van der Waals surface area contributed by atoms with E-state index in [-0.39, 0.29) is 66.9 Å². The van der Waals surface area contributed by atoms with E-state index in [1.54, 1.807) is 0 Å². The fraction of sp³-hybridized carbons (Fsp3) is 0.158. The number of fused-ring (bicyclic) bond motifs is 1. The van der Waals surface area contributed by atoms with Gasteiger partial charge >= 0.3 is 21.7 Å². The summed E-state index contributed by atoms with van der Waals surface area (Å²) in [5, 5.41) is 2.66. The van der Waals surface area contributed by atoms with Crippen molar-refractivity contribution in [2.75, 3.05) is 19.5 Å². The minimum Gasteiger partial charge on any atom is -1.00 e. The summed E-state index contributed by atoms with van der Waals surface area (Å²) in [5.74, 6) is 0. The summed E-state index contributed by atoms with van der Waals surface area (Å²) in [4.78, 5) is 0. The first kappa shape index (κ1) is 28.7. The van der Waals surface area contributed by atoms with E-state index in [0.29, 0.717) is 0 Å². The Bertz CT molecular complexity index is 596. The quantitative estimate of drug-likeness (QED) is 0.229. The van der Waals surface area contributed by atoms with E-state index < -0.39 is 0 Å². The van der Waals surface area contributed by atoms with Crippen LogP contribution in [0.15, 0.2) is 72.8 Å². The van der Waals surface area contributed by atoms with Crippen LogP contribution >= 0.6 is 7.92 Å². The average Bonchev–Trinajstić information content (AvgIpc) is 2.95. The van der Waals surface area contributed by atoms with Gasteiger partial charge < -0.3 is 37.2 Å². The summed E-state index contributed by atoms with van der Waals surface area (Å²) in [7, 11) is 0.220. The molecule has 3 rings (SSSR count). The Morgan fingerprint density at radius 2 is 1.42 bits per heavy atom. The van der Waals surface area contributed by atoms with Crippen molar-refractivity contribution >= 4 is 18.7 Å². The summed E-state index contributed by atoms with van der Waals surface area (Å²) in [6.45, 7) is 4.60. The van der Waals surface area contributed by atoms with Gasteiger partial charge in [0.25, 0.3) is 0 Å². The standard InChI is InChI=1S/C10H14P.C9H7.3ClH.Ti/c1-11(2)9-8-10-6-4-3-5-7-10;1-2-5-9-7-3-6-8(9)4-1;;;;/h3-8H,9H2,1-2H3;1-7H;3*1H;/q2*-1;;;;+3/p-3. The Hall–Kier alpha value is -0.0657. The molecule has 0 amide bonds. The second-order valence-electron chi connectivity index (χ2n) is 5.03. The van der Waals surface area contributed by atoms with Crippen LogP contribution in [0.3, 0.4) is 0 Å². The van der Waals surface area contributed by atoms with Gasteiger partial charge in [0.1, 0.15) is 0 Å². The summed E-state index contributed by atoms with van der Waals surface area (Å²) in [6, 6.07) is 25.2. The molecule has 3 aromatic carbocycles. The molecule has 0 nitrogen and oxygen atoms in total. The fourth-order valence-electron chi connectivity index (χ4n) is 1.95. The van der Waals surface area contributed by atoms with E-state index in [4.69, 9.17) is 0 Å². The van der Waals surface area contributed by atoms with E-state index in [0.717, 1.165) is 0 Å². The Labute approximate surface area is 181 Å². The molecular weight excluding hydrogens is 413 g/mol. The molecule has 0 N–H and O–H groups in total. The minimum absolute atomic E-state index is 0. The largest absolute Gasteiger partial charge is 3.00 e. The van der Waals surface area contributed by atoms with Crippen LogP contribution in [0.2, 0.25) is 0 Å². The van der Waals surface area contributed by atoms with E-state index >= 15 is 0 Å². The van der Waals surface area contributed by atoms with Gasteiger partial charge in [-0.2, -0.15) is 41.6 Å². The monoisotopic (exact) mass is 433 g/mol. The molecule has 0 aliphatic rings. The molecule has 0 atom stereocenters. The molecule has 129 valence electrons. The van der Waals surface area contributed by atoms with Crippen molar-refractivity contribution in [1.82, 2.24) is 0 Å². The van der Waals surface area contributed by atoms with Gasteiger partial charge in [0.15, 0.2) is 0 Å². The predicted octanol–water partition coefficient (Wildman–Crippen LogP) is -3.45. The first-order chi connectivity index (χ1) is 9.75. The molecular formula is C19H21Cl3PTi-2. The van der Waals surface area contributed by atoms with Crippen LogP contribution in [0.4, 0.5) is 0 Å². The molecule has 24 heavy (non-hydrogen) atoms. The molecule has 0 fully saturated rings. The van der Waals surface area contributed by atoms with Crippen LogP contribution in [0, 0.1) is 6.42 Å². The van der Waals surface area contributed by atoms with E-state index in [1.807, 2.05) is 0 Å². The molecule has 5 heteroatoms. The number of benzene rings is 2. The summed E-state index contributed by atoms with van der Waals surface area (Å²) < 4.78 is 0. The summed E-state index contributed by atoms with van der Waals surface area (Å²) in [5.41, 5.74) is 1.35. The van der Waals surface area contributed by atoms with Crippen LogP contribution < -0.4 is 37.2 Å². The maximum Gasteiger partial charge on any atom is 3.00 e. The number of halogens is 3. The Kier molecular flexibility index (Phi) is 19.6. The molecule has 0 bridgehead atoms. The van der Waals surface area contributed by atoms with E-state index in [1.165, 1.54) is 22.5 Å². The van der Waals surface area contributed by atoms with Gasteiger partial charge in [-0.25, -0.2) is 0 Å². The van der Waals surface area contributed by atoms with Crippen LogP contribution in [0.1, 0.15) is 5.56 Å². The zero-order valence-corrected chi connectivity index (χ0v) is 18.5. The normalized spacial score (nSPS) is 8.46. The molecule has 0 aromatic heterocycles. The Morgan fingerprint density at radius 3 is 2.00 bits per heavy atom. The summed E-state index contributed by atoms with van der Waals surface area (Å²) in [6.07, 6.45) is 3.55. The first-order valence-corrected chi connectivity index (χ1v) is 9.31. The summed E-state index contributed by atoms with van der Waals surface area (Å²) >= 11 is 0. The smallest absolute Gasteiger partial charge is 1.00 e. The molecule has 0 saturated carbocycles. The minimum atomic E-state index is 0. The van der Waals surface area contributed by atoms with E-state index in [2.05, 4.69) is 92.5 Å². The zero-order chi connectivity index (χ0) is 14.2. The SMILES string of the molecule is CP(C)C[CH-]c1ccccc1.[Cl-].[Cl-].[Cl-].[Ti+3].c1ccc2[cH-]ccc2c1. The number of hydrogen-bond acceptors (Lipinski definition) is 0.